The fourth-order valence-corrected chi connectivity index (χ4v) is 5.03. The molecule has 0 aliphatic heterocycles. The van der Waals surface area contributed by atoms with Crippen LogP contribution >= 0.6 is 0 Å². The van der Waals surface area contributed by atoms with Gasteiger partial charge < -0.3 is 50.8 Å². The van der Waals surface area contributed by atoms with E-state index in [-0.39, 0.29) is 32.2 Å². The van der Waals surface area contributed by atoms with Crippen LogP contribution in [0.3, 0.4) is 0 Å². The molecule has 0 atom stereocenters. The van der Waals surface area contributed by atoms with Crippen LogP contribution in [-0.2, 0) is 17.9 Å². The molecule has 6 rings (SSSR count). The first-order chi connectivity index (χ1) is 41.1. The fourth-order valence-electron chi connectivity index (χ4n) is 5.03. The van der Waals surface area contributed by atoms with Gasteiger partial charge in [-0.1, -0.05) is 157 Å². The van der Waals surface area contributed by atoms with Crippen LogP contribution < -0.4 is 16.4 Å². The molecular formula is C69H103N13O3. The number of aromatic amines is 1. The van der Waals surface area contributed by atoms with Gasteiger partial charge >= 0.3 is 0 Å². The van der Waals surface area contributed by atoms with Crippen molar-refractivity contribution in [3.63, 3.8) is 0 Å². The van der Waals surface area contributed by atoms with E-state index >= 15 is 0 Å². The van der Waals surface area contributed by atoms with E-state index in [0.29, 0.717) is 6.54 Å². The van der Waals surface area contributed by atoms with Crippen molar-refractivity contribution >= 4 is 36.4 Å². The predicted octanol–water partition coefficient (Wildman–Crippen LogP) is 12.0. The number of benzene rings is 2. The maximum atomic E-state index is 10.9. The Labute approximate surface area is 512 Å². The van der Waals surface area contributed by atoms with Gasteiger partial charge in [-0.15, -0.1) is 13.2 Å². The minimum Gasteiger partial charge on any atom is -0.395 e. The molecule has 0 unspecified atom stereocenters. The van der Waals surface area contributed by atoms with E-state index in [9.17, 15) is 4.79 Å². The molecule has 0 saturated carbocycles. The third kappa shape index (κ3) is 59.0. The Kier molecular flexibility index (Phi) is 66.6. The molecule has 6 aromatic rings. The molecule has 2 aromatic carbocycles. The summed E-state index contributed by atoms with van der Waals surface area (Å²) in [5, 5.41) is 22.7. The predicted molar refractivity (Wildman–Crippen MR) is 369 cm³/mol. The lowest BCUT2D eigenvalue weighted by Gasteiger charge is -2.17. The third-order valence-electron chi connectivity index (χ3n) is 9.83. The summed E-state index contributed by atoms with van der Waals surface area (Å²) in [5.41, 5.74) is 12.1. The minimum absolute atomic E-state index is 0.0976. The molecule has 0 radical (unpaired) electrons. The van der Waals surface area contributed by atoms with E-state index < -0.39 is 0 Å². The van der Waals surface area contributed by atoms with E-state index in [4.69, 9.17) is 15.9 Å². The fraction of sp³-hybridized carbons (Fsp3) is 0.232. The van der Waals surface area contributed by atoms with Crippen molar-refractivity contribution in [3.05, 3.63) is 290 Å². The van der Waals surface area contributed by atoms with Crippen molar-refractivity contribution in [2.75, 3.05) is 80.7 Å². The summed E-state index contributed by atoms with van der Waals surface area (Å²) in [7, 11) is 7.72. The molecule has 85 heavy (non-hydrogen) atoms. The monoisotopic (exact) mass is 1160 g/mol. The number of hydrogen-bond acceptors (Lipinski definition) is 13. The maximum absolute atomic E-state index is 10.9. The molecule has 462 valence electrons. The number of aliphatic hydroxyl groups excluding tert-OH is 2. The average Bonchev–Trinajstić information content (AvgIpc) is 4.33. The topological polar surface area (TPSA) is 193 Å². The number of pyridine rings is 2. The van der Waals surface area contributed by atoms with Gasteiger partial charge in [0.25, 0.3) is 0 Å². The Morgan fingerprint density at radius 2 is 1.19 bits per heavy atom. The first-order valence-corrected chi connectivity index (χ1v) is 27.2. The van der Waals surface area contributed by atoms with Gasteiger partial charge in [0, 0.05) is 117 Å². The molecule has 0 bridgehead atoms. The third-order valence-corrected chi connectivity index (χ3v) is 9.83. The van der Waals surface area contributed by atoms with E-state index in [1.54, 1.807) is 97.4 Å². The molecule has 4 heterocycles. The standard InChI is InChI=1S/2C9H11N.C7H13NO3.2C7H7N.C7H13N.C6H13N.2C5H6N2.C4H9N.C3H7N/c1-2-8-3-5-9(7-10)6-4-8;1-2-10-8-9-6-4-3-5-7-9;1-2-7(11)8(3-5-9)4-6-10;1-2-7-3-5-8-6-4-7;1-2-7-4-3-5-8-6-7;1-4-6-8(3)7-5-2;1-4-7(5-2)6-3;1-2-5-3-6-4-7-5;1-2-7-4-3-6-5-7;1-4-5(2)3;1-3-4-2/h2-6H,1,7,10H2;2-7,10H,1,8H2;2,9-10H,1,3-6H2;2*2-6H,1H2;4-5H,1-2,6-7H2,3H3;4H,1,5-6H2,2-3H3;2-4H,1H2,(H,6,7);2-5H,1H2;4H,1H2,2-3H3;3-4H,1H2,2H3. The Balaban J connectivity index is -0.000000278. The number of carbonyl (C=O) groups excluding carboxylic acids is 1. The number of rotatable bonds is 23. The molecule has 16 nitrogen and oxygen atoms in total. The molecule has 0 saturated heterocycles. The highest BCUT2D eigenvalue weighted by molar-refractivity contribution is 5.87. The number of likely N-dealkylation sites (N-methyl/N-ethyl adjacent to an activating group) is 1. The van der Waals surface area contributed by atoms with Crippen molar-refractivity contribution in [1.82, 2.24) is 59.7 Å². The summed E-state index contributed by atoms with van der Waals surface area (Å²) >= 11 is 0. The molecule has 0 aliphatic carbocycles. The Morgan fingerprint density at radius 3 is 1.48 bits per heavy atom. The van der Waals surface area contributed by atoms with Crippen LogP contribution in [0.5, 0.6) is 0 Å². The van der Waals surface area contributed by atoms with Crippen molar-refractivity contribution < 1.29 is 15.0 Å². The molecule has 7 N–H and O–H groups in total. The minimum atomic E-state index is -0.270. The molecule has 4 aromatic heterocycles. The number of nitrogens with two attached hydrogens (primary N) is 1. The van der Waals surface area contributed by atoms with Crippen LogP contribution in [0.2, 0.25) is 0 Å². The van der Waals surface area contributed by atoms with Gasteiger partial charge in [-0.05, 0) is 104 Å². The zero-order valence-electron chi connectivity index (χ0n) is 52.1. The molecular weight excluding hydrogens is 1060 g/mol. The summed E-state index contributed by atoms with van der Waals surface area (Å²) in [6.07, 6.45) is 36.2. The summed E-state index contributed by atoms with van der Waals surface area (Å²) in [6.45, 7) is 52.5. The second-order valence-electron chi connectivity index (χ2n) is 16.4. The van der Waals surface area contributed by atoms with Crippen LogP contribution in [0.1, 0.15) is 47.4 Å². The van der Waals surface area contributed by atoms with Crippen molar-refractivity contribution in [2.45, 2.75) is 26.9 Å². The molecule has 0 aliphatic rings. The zero-order valence-corrected chi connectivity index (χ0v) is 52.1. The van der Waals surface area contributed by atoms with Crippen LogP contribution in [-0.4, -0.2) is 146 Å². The van der Waals surface area contributed by atoms with Crippen LogP contribution in [0.15, 0.2) is 257 Å². The Hall–Kier alpha value is -9.45. The SMILES string of the molecule is C=CC(=O)N(CCO)CCO.C=CCN(C)CC=C.C=CN(C)C.C=CN(CC)CC.C=CNC.C=CNCc1ccccc1.C=Cc1ccc(CN)cc1.C=Cc1cccnc1.C=Cc1ccncc1.C=Cc1cnc[nH]1.C=Cn1ccnc1. The first-order valence-electron chi connectivity index (χ1n) is 27.2. The van der Waals surface area contributed by atoms with Gasteiger partial charge in [-0.2, -0.15) is 0 Å². The van der Waals surface area contributed by atoms with Crippen molar-refractivity contribution in [3.8, 4) is 0 Å². The lowest BCUT2D eigenvalue weighted by atomic mass is 10.1. The second-order valence-corrected chi connectivity index (χ2v) is 16.4. The number of aliphatic hydroxyl groups is 2. The van der Waals surface area contributed by atoms with Gasteiger partial charge in [-0.25, -0.2) is 9.97 Å². The molecule has 1 amide bonds. The quantitative estimate of drug-likeness (QED) is 0.0262. The number of hydrogen-bond donors (Lipinski definition) is 6. The summed E-state index contributed by atoms with van der Waals surface area (Å²) < 4.78 is 1.78. The second kappa shape index (κ2) is 67.1. The number of amides is 1. The summed E-state index contributed by atoms with van der Waals surface area (Å²) in [6, 6.07) is 25.9. The lowest BCUT2D eigenvalue weighted by Crippen LogP contribution is -2.34. The molecule has 0 fully saturated rings. The number of H-pyrrole nitrogens is 1. The van der Waals surface area contributed by atoms with E-state index in [0.717, 1.165) is 66.7 Å². The first kappa shape index (κ1) is 84.4. The molecule has 16 heteroatoms. The van der Waals surface area contributed by atoms with Crippen LogP contribution in [0, 0.1) is 0 Å². The van der Waals surface area contributed by atoms with Gasteiger partial charge in [0.15, 0.2) is 0 Å². The average molecular weight is 1160 g/mol. The number of carbonyl (C=O) groups is 1. The van der Waals surface area contributed by atoms with E-state index in [2.05, 4.69) is 150 Å². The zero-order chi connectivity index (χ0) is 65.0. The van der Waals surface area contributed by atoms with Gasteiger partial charge in [-0.3, -0.25) is 19.7 Å². The van der Waals surface area contributed by atoms with Crippen molar-refractivity contribution in [1.29, 1.82) is 0 Å². The van der Waals surface area contributed by atoms with Gasteiger partial charge in [0.2, 0.25) is 5.91 Å². The summed E-state index contributed by atoms with van der Waals surface area (Å²) in [5.74, 6) is -0.270. The maximum Gasteiger partial charge on any atom is 0.246 e. The highest BCUT2D eigenvalue weighted by Gasteiger charge is 2.07. The number of aromatic nitrogens is 6. The van der Waals surface area contributed by atoms with Crippen molar-refractivity contribution in [2.24, 2.45) is 5.73 Å². The Bertz CT molecular complexity index is 2400. The highest BCUT2D eigenvalue weighted by atomic mass is 16.3. The normalized spacial score (nSPS) is 8.54. The van der Waals surface area contributed by atoms with Gasteiger partial charge in [0.05, 0.1) is 37.8 Å². The number of nitrogens with zero attached hydrogens (tertiary/aromatic N) is 9. The van der Waals surface area contributed by atoms with E-state index in [1.807, 2.05) is 130 Å². The van der Waals surface area contributed by atoms with Crippen LogP contribution in [0.4, 0.5) is 0 Å². The highest BCUT2D eigenvalue weighted by Crippen LogP contribution is 2.04. The number of imidazole rings is 2. The molecule has 0 spiro atoms. The smallest absolute Gasteiger partial charge is 0.246 e. The number of nitrogens with one attached hydrogen (secondary N) is 3. The Morgan fingerprint density at radius 1 is 0.635 bits per heavy atom. The summed E-state index contributed by atoms with van der Waals surface area (Å²) in [4.78, 5) is 36.5. The van der Waals surface area contributed by atoms with Crippen LogP contribution in [0.25, 0.3) is 30.5 Å². The van der Waals surface area contributed by atoms with E-state index in [1.165, 1.54) is 10.5 Å². The van der Waals surface area contributed by atoms with Gasteiger partial charge in [0.1, 0.15) is 0 Å². The lowest BCUT2D eigenvalue weighted by molar-refractivity contribution is -0.127. The largest absolute Gasteiger partial charge is 0.395 e.